The first kappa shape index (κ1) is 38.1. The number of para-hydroxylation sites is 4. The summed E-state index contributed by atoms with van der Waals surface area (Å²) in [6.45, 7) is 0. The van der Waals surface area contributed by atoms with E-state index in [0.717, 1.165) is 115 Å². The molecule has 66 heavy (non-hydrogen) atoms. The smallest absolute Gasteiger partial charge is 0.171 e. The summed E-state index contributed by atoms with van der Waals surface area (Å²) in [5.41, 5.74) is 12.6. The van der Waals surface area contributed by atoms with Crippen LogP contribution in [0.5, 0.6) is 0 Å². The van der Waals surface area contributed by atoms with Gasteiger partial charge in [0.25, 0.3) is 0 Å². The van der Waals surface area contributed by atoms with Gasteiger partial charge in [0.1, 0.15) is 0 Å². The molecule has 0 saturated carbocycles. The average Bonchev–Trinajstić information content (AvgIpc) is 3.90. The Morgan fingerprint density at radius 2 is 0.727 bits per heavy atom. The average molecular weight is 863 g/mol. The van der Waals surface area contributed by atoms with Crippen LogP contribution in [0, 0.1) is 0 Å². The van der Waals surface area contributed by atoms with E-state index >= 15 is 4.57 Å². The van der Waals surface area contributed by atoms with Crippen molar-refractivity contribution in [2.75, 3.05) is 0 Å². The maximum atomic E-state index is 16.8. The van der Waals surface area contributed by atoms with Crippen molar-refractivity contribution in [2.45, 2.75) is 0 Å². The number of fused-ring (bicyclic) bond motifs is 8. The second-order valence-electron chi connectivity index (χ2n) is 16.9. The molecular weight excluding hydrogens is 824 g/mol. The van der Waals surface area contributed by atoms with Crippen LogP contribution >= 0.6 is 7.14 Å². The normalized spacial score (nSPS) is 12.0. The zero-order chi connectivity index (χ0) is 43.8. The Bertz CT molecular complexity index is 3830. The molecule has 310 valence electrons. The summed E-state index contributed by atoms with van der Waals surface area (Å²) in [5, 5.41) is 8.76. The summed E-state index contributed by atoms with van der Waals surface area (Å²) in [6.07, 6.45) is 3.72. The first-order chi connectivity index (χ1) is 32.6. The van der Waals surface area contributed by atoms with Gasteiger partial charge >= 0.3 is 0 Å². The van der Waals surface area contributed by atoms with E-state index in [1.54, 1.807) is 0 Å². The summed E-state index contributed by atoms with van der Waals surface area (Å²) in [7, 11) is -3.51. The van der Waals surface area contributed by atoms with Gasteiger partial charge < -0.3 is 13.7 Å². The molecule has 0 aliphatic heterocycles. The highest BCUT2D eigenvalue weighted by Crippen LogP contribution is 2.46. The molecule has 5 nitrogen and oxygen atoms in total. The van der Waals surface area contributed by atoms with Gasteiger partial charge in [0.05, 0.1) is 33.1 Å². The number of benzene rings is 9. The Labute approximate surface area is 380 Å². The van der Waals surface area contributed by atoms with E-state index in [-0.39, 0.29) is 0 Å². The lowest BCUT2D eigenvalue weighted by molar-refractivity contribution is 0.592. The van der Waals surface area contributed by atoms with Crippen molar-refractivity contribution in [1.29, 1.82) is 0 Å². The third-order valence-electron chi connectivity index (χ3n) is 13.3. The third kappa shape index (κ3) is 5.91. The zero-order valence-corrected chi connectivity index (χ0v) is 36.6. The molecular formula is C60H39N4OP. The summed E-state index contributed by atoms with van der Waals surface area (Å²) < 4.78 is 21.4. The van der Waals surface area contributed by atoms with Crippen LogP contribution in [0.2, 0.25) is 0 Å². The largest absolute Gasteiger partial charge is 0.309 e. The summed E-state index contributed by atoms with van der Waals surface area (Å²) in [5.74, 6) is 0. The van der Waals surface area contributed by atoms with Crippen LogP contribution in [0.25, 0.3) is 99.0 Å². The van der Waals surface area contributed by atoms with Crippen molar-refractivity contribution in [2.24, 2.45) is 0 Å². The van der Waals surface area contributed by atoms with Crippen LogP contribution < -0.4 is 15.9 Å². The lowest BCUT2D eigenvalue weighted by Crippen LogP contribution is -2.25. The van der Waals surface area contributed by atoms with Crippen molar-refractivity contribution in [1.82, 2.24) is 19.1 Å². The van der Waals surface area contributed by atoms with Crippen LogP contribution in [0.15, 0.2) is 237 Å². The van der Waals surface area contributed by atoms with Gasteiger partial charge in [-0.1, -0.05) is 127 Å². The van der Waals surface area contributed by atoms with Gasteiger partial charge in [-0.25, -0.2) is 0 Å². The van der Waals surface area contributed by atoms with E-state index in [1.807, 2.05) is 67.0 Å². The topological polar surface area (TPSA) is 52.7 Å². The minimum Gasteiger partial charge on any atom is -0.309 e. The van der Waals surface area contributed by atoms with Crippen molar-refractivity contribution in [3.63, 3.8) is 0 Å². The minimum absolute atomic E-state index is 0.777. The molecule has 0 unspecified atom stereocenters. The Kier molecular flexibility index (Phi) is 8.74. The number of rotatable bonds is 7. The fourth-order valence-electron chi connectivity index (χ4n) is 10.2. The van der Waals surface area contributed by atoms with Crippen molar-refractivity contribution < 1.29 is 4.57 Å². The minimum atomic E-state index is -3.51. The number of pyridine rings is 2. The van der Waals surface area contributed by atoms with E-state index in [2.05, 4.69) is 179 Å². The number of hydrogen-bond donors (Lipinski definition) is 0. The van der Waals surface area contributed by atoms with Crippen LogP contribution in [0.1, 0.15) is 0 Å². The summed E-state index contributed by atoms with van der Waals surface area (Å²) >= 11 is 0. The molecule has 0 amide bonds. The molecule has 0 aliphatic carbocycles. The Morgan fingerprint density at radius 3 is 1.18 bits per heavy atom. The van der Waals surface area contributed by atoms with Gasteiger partial charge in [-0.15, -0.1) is 0 Å². The summed E-state index contributed by atoms with van der Waals surface area (Å²) in [6, 6.07) is 78.2. The molecule has 0 bridgehead atoms. The molecule has 13 rings (SSSR count). The van der Waals surface area contributed by atoms with Gasteiger partial charge in [0.15, 0.2) is 7.14 Å². The summed E-state index contributed by atoms with van der Waals surface area (Å²) in [4.78, 5) is 9.62. The highest BCUT2D eigenvalue weighted by Gasteiger charge is 2.32. The number of nitrogens with zero attached hydrogens (tertiary/aromatic N) is 4. The second-order valence-corrected chi connectivity index (χ2v) is 19.7. The van der Waals surface area contributed by atoms with Crippen molar-refractivity contribution in [3.8, 4) is 33.6 Å². The zero-order valence-electron chi connectivity index (χ0n) is 35.7. The molecule has 0 N–H and O–H groups in total. The van der Waals surface area contributed by atoms with Crippen LogP contribution in [0.3, 0.4) is 0 Å². The van der Waals surface area contributed by atoms with E-state index in [0.29, 0.717) is 0 Å². The van der Waals surface area contributed by atoms with Gasteiger partial charge in [-0.3, -0.25) is 9.97 Å². The maximum Gasteiger partial charge on any atom is 0.171 e. The highest BCUT2D eigenvalue weighted by atomic mass is 31.2. The Balaban J connectivity index is 1.06. The predicted molar refractivity (Wildman–Crippen MR) is 276 cm³/mol. The fourth-order valence-corrected chi connectivity index (χ4v) is 12.9. The van der Waals surface area contributed by atoms with Gasteiger partial charge in [0, 0.05) is 83.1 Å². The first-order valence-electron chi connectivity index (χ1n) is 22.2. The predicted octanol–water partition coefficient (Wildman–Crippen LogP) is 14.0. The van der Waals surface area contributed by atoms with E-state index in [9.17, 15) is 0 Å². The lowest BCUT2D eigenvalue weighted by atomic mass is 10.00. The monoisotopic (exact) mass is 862 g/mol. The molecule has 0 spiro atoms. The molecule has 0 saturated heterocycles. The second kappa shape index (κ2) is 15.1. The number of hydrogen-bond acceptors (Lipinski definition) is 3. The maximum absolute atomic E-state index is 16.8. The molecule has 13 aromatic rings. The van der Waals surface area contributed by atoms with E-state index < -0.39 is 7.14 Å². The van der Waals surface area contributed by atoms with Gasteiger partial charge in [-0.05, 0) is 108 Å². The molecule has 6 heteroatoms. The van der Waals surface area contributed by atoms with Crippen LogP contribution in [-0.4, -0.2) is 19.1 Å². The van der Waals surface area contributed by atoms with E-state index in [1.165, 1.54) is 0 Å². The molecule has 0 atom stereocenters. The Hall–Kier alpha value is -8.37. The fraction of sp³-hybridized carbons (Fsp3) is 0. The van der Waals surface area contributed by atoms with Crippen LogP contribution in [0.4, 0.5) is 0 Å². The SMILES string of the molecule is O=P(c1ccccc1)(c1ccc2c(c1)c1cc(-c3cccc4cccnc34)ccc1n2-c1ccccc1)c1ccc2c(c1)c1cc(-c3cccc4cccnc34)ccc1n2-c1ccccc1. The molecule has 0 fully saturated rings. The van der Waals surface area contributed by atoms with Gasteiger partial charge in [0.2, 0.25) is 0 Å². The van der Waals surface area contributed by atoms with Gasteiger partial charge in [-0.2, -0.15) is 0 Å². The van der Waals surface area contributed by atoms with Crippen LogP contribution in [-0.2, 0) is 4.57 Å². The van der Waals surface area contributed by atoms with Crippen molar-refractivity contribution >= 4 is 88.5 Å². The third-order valence-corrected chi connectivity index (χ3v) is 16.3. The highest BCUT2D eigenvalue weighted by molar-refractivity contribution is 7.85. The quantitative estimate of drug-likeness (QED) is 0.150. The van der Waals surface area contributed by atoms with Crippen molar-refractivity contribution in [3.05, 3.63) is 237 Å². The Morgan fingerprint density at radius 1 is 0.333 bits per heavy atom. The lowest BCUT2D eigenvalue weighted by Gasteiger charge is -2.21. The molecule has 4 heterocycles. The molecule has 0 radical (unpaired) electrons. The molecule has 0 aliphatic rings. The first-order valence-corrected chi connectivity index (χ1v) is 23.9. The standard InChI is InChI=1S/C60H39N4OP/c65-66(46-22-8-3-9-23-46,47-28-32-57-53(38-47)51-36-42(49-24-10-14-40-16-12-34-61-59(40)49)26-30-55(51)63(57)44-18-4-1-5-19-44)48-29-33-58-54(39-48)52-37-43(50-25-11-15-41-17-13-35-62-60(41)50)27-31-56(52)64(58)45-20-6-2-7-21-45/h1-39H. The number of aromatic nitrogens is 4. The molecule has 4 aromatic heterocycles. The molecule has 9 aromatic carbocycles. The van der Waals surface area contributed by atoms with E-state index in [4.69, 9.17) is 9.97 Å².